The van der Waals surface area contributed by atoms with Crippen molar-refractivity contribution < 1.29 is 27.2 Å². The molecule has 8 nitrogen and oxygen atoms in total. The van der Waals surface area contributed by atoms with Gasteiger partial charge in [0.2, 0.25) is 0 Å². The number of rotatable bonds is 5. The fraction of sp³-hybridized carbons (Fsp3) is 0.875. The highest BCUT2D eigenvalue weighted by Crippen LogP contribution is 2.39. The van der Waals surface area contributed by atoms with Crippen LogP contribution >= 0.6 is 0 Å². The largest absolute Gasteiger partial charge is 0.438 e. The number of likely N-dealkylation sites (tertiary alicyclic amines) is 1. The van der Waals surface area contributed by atoms with Gasteiger partial charge in [0.15, 0.2) is 18.1 Å². The molecule has 1 unspecified atom stereocenters. The molecule has 3 aliphatic rings. The quantitative estimate of drug-likeness (QED) is 0.599. The average Bonchev–Trinajstić information content (AvgIpc) is 3.32. The van der Waals surface area contributed by atoms with Crippen molar-refractivity contribution in [1.82, 2.24) is 24.8 Å². The van der Waals surface area contributed by atoms with Crippen molar-refractivity contribution in [1.29, 1.82) is 0 Å². The van der Waals surface area contributed by atoms with E-state index in [4.69, 9.17) is 9.26 Å². The first kappa shape index (κ1) is 26.2. The molecule has 0 bridgehead atoms. The minimum Gasteiger partial charge on any atom is -0.438 e. The van der Waals surface area contributed by atoms with Crippen molar-refractivity contribution in [2.24, 2.45) is 0 Å². The third-order valence-electron chi connectivity index (χ3n) is 8.00. The maximum atomic E-state index is 15.0. The summed E-state index contributed by atoms with van der Waals surface area (Å²) >= 11 is 0. The molecule has 198 valence electrons. The first-order chi connectivity index (χ1) is 16.5. The molecule has 2 saturated heterocycles. The Balaban J connectivity index is 1.38. The lowest BCUT2D eigenvalue weighted by Crippen LogP contribution is -2.61. The fourth-order valence-electron chi connectivity index (χ4n) is 5.48. The molecular formula is C24H38F3N5O3. The number of nitrogens with zero attached hydrogens (tertiary/aromatic N) is 5. The van der Waals surface area contributed by atoms with Crippen LogP contribution in [0.1, 0.15) is 77.7 Å². The highest BCUT2D eigenvalue weighted by Gasteiger charge is 2.52. The molecular weight excluding hydrogens is 463 g/mol. The molecule has 1 saturated carbocycles. The number of carbonyl (C=O) groups excluding carboxylic acids is 1. The standard InChI is InChI=1S/C24H38F3N5O3/c1-16(2)30-12-14-31(15-13-30)18-6-5-7-24(26,27)19(18)34-22(33)32-10-8-23(4,9-11-32)21-28-20(17(3)25)35-29-21/h16-19H,5-15H2,1-4H3/t17?,18-,19+/m0/s1. The summed E-state index contributed by atoms with van der Waals surface area (Å²) in [4.78, 5) is 23.1. The van der Waals surface area contributed by atoms with Gasteiger partial charge in [0.1, 0.15) is 0 Å². The number of aromatic nitrogens is 2. The molecule has 1 amide bonds. The van der Waals surface area contributed by atoms with Crippen LogP contribution in [0.5, 0.6) is 0 Å². The van der Waals surface area contributed by atoms with Crippen LogP contribution < -0.4 is 0 Å². The summed E-state index contributed by atoms with van der Waals surface area (Å²) in [6, 6.07) is -0.0599. The number of ether oxygens (including phenoxy) is 1. The van der Waals surface area contributed by atoms with Gasteiger partial charge in [-0.3, -0.25) is 9.80 Å². The molecule has 0 radical (unpaired) electrons. The van der Waals surface area contributed by atoms with E-state index in [1.54, 1.807) is 0 Å². The monoisotopic (exact) mass is 501 g/mol. The molecule has 1 aliphatic carbocycles. The highest BCUT2D eigenvalue weighted by atomic mass is 19.3. The highest BCUT2D eigenvalue weighted by molar-refractivity contribution is 5.68. The molecule has 2 aliphatic heterocycles. The van der Waals surface area contributed by atoms with E-state index in [0.29, 0.717) is 63.7 Å². The summed E-state index contributed by atoms with van der Waals surface area (Å²) in [6.07, 6.45) is -1.74. The lowest BCUT2D eigenvalue weighted by Gasteiger charge is -2.47. The third kappa shape index (κ3) is 5.60. The summed E-state index contributed by atoms with van der Waals surface area (Å²) < 4.78 is 54.1. The molecule has 0 spiro atoms. The summed E-state index contributed by atoms with van der Waals surface area (Å²) in [5.74, 6) is -2.71. The van der Waals surface area contributed by atoms with Crippen molar-refractivity contribution in [3.63, 3.8) is 0 Å². The number of amides is 1. The Morgan fingerprint density at radius 1 is 1.09 bits per heavy atom. The topological polar surface area (TPSA) is 74.9 Å². The van der Waals surface area contributed by atoms with E-state index in [-0.39, 0.29) is 12.3 Å². The van der Waals surface area contributed by atoms with E-state index >= 15 is 8.78 Å². The Morgan fingerprint density at radius 3 is 2.31 bits per heavy atom. The van der Waals surface area contributed by atoms with E-state index in [1.807, 2.05) is 6.92 Å². The molecule has 3 atom stereocenters. The lowest BCUT2D eigenvalue weighted by atomic mass is 9.80. The van der Waals surface area contributed by atoms with Crippen molar-refractivity contribution in [2.45, 2.75) is 95.5 Å². The van der Waals surface area contributed by atoms with E-state index in [2.05, 4.69) is 33.8 Å². The number of hydrogen-bond acceptors (Lipinski definition) is 7. The number of piperidine rings is 1. The number of hydrogen-bond donors (Lipinski definition) is 0. The van der Waals surface area contributed by atoms with Gasteiger partial charge in [0.05, 0.1) is 6.04 Å². The first-order valence-corrected chi connectivity index (χ1v) is 12.8. The van der Waals surface area contributed by atoms with Gasteiger partial charge < -0.3 is 14.2 Å². The van der Waals surface area contributed by atoms with Crippen molar-refractivity contribution in [2.75, 3.05) is 39.3 Å². The van der Waals surface area contributed by atoms with Crippen LogP contribution in [0.4, 0.5) is 18.0 Å². The zero-order valence-corrected chi connectivity index (χ0v) is 21.2. The Bertz CT molecular complexity index is 864. The second-order valence-corrected chi connectivity index (χ2v) is 10.8. The molecule has 1 aromatic rings. The van der Waals surface area contributed by atoms with Gasteiger partial charge >= 0.3 is 6.09 Å². The molecule has 1 aromatic heterocycles. The summed E-state index contributed by atoms with van der Waals surface area (Å²) in [5, 5.41) is 3.92. The maximum absolute atomic E-state index is 15.0. The van der Waals surface area contributed by atoms with Crippen LogP contribution in [0.15, 0.2) is 4.52 Å². The molecule has 0 N–H and O–H groups in total. The van der Waals surface area contributed by atoms with E-state index in [0.717, 1.165) is 13.1 Å². The van der Waals surface area contributed by atoms with Crippen LogP contribution in [0, 0.1) is 0 Å². The number of carbonyl (C=O) groups is 1. The second kappa shape index (κ2) is 10.2. The number of alkyl halides is 3. The van der Waals surface area contributed by atoms with Crippen molar-refractivity contribution in [3.05, 3.63) is 11.7 Å². The molecule has 3 fully saturated rings. The van der Waals surface area contributed by atoms with Gasteiger partial charge in [-0.25, -0.2) is 18.0 Å². The summed E-state index contributed by atoms with van der Waals surface area (Å²) in [5.41, 5.74) is -0.485. The minimum absolute atomic E-state index is 0.0668. The van der Waals surface area contributed by atoms with Gasteiger partial charge in [-0.15, -0.1) is 0 Å². The number of piperazine rings is 1. The van der Waals surface area contributed by atoms with Crippen LogP contribution in [-0.2, 0) is 10.2 Å². The fourth-order valence-corrected chi connectivity index (χ4v) is 5.48. The third-order valence-corrected chi connectivity index (χ3v) is 8.00. The van der Waals surface area contributed by atoms with Crippen LogP contribution in [0.25, 0.3) is 0 Å². The second-order valence-electron chi connectivity index (χ2n) is 10.8. The zero-order valence-electron chi connectivity index (χ0n) is 21.2. The van der Waals surface area contributed by atoms with Gasteiger partial charge in [-0.2, -0.15) is 4.98 Å². The lowest BCUT2D eigenvalue weighted by molar-refractivity contribution is -0.170. The van der Waals surface area contributed by atoms with Crippen LogP contribution in [-0.4, -0.2) is 94.3 Å². The Labute approximate surface area is 205 Å². The van der Waals surface area contributed by atoms with Crippen molar-refractivity contribution in [3.8, 4) is 0 Å². The predicted octanol–water partition coefficient (Wildman–Crippen LogP) is 4.17. The molecule has 11 heteroatoms. The van der Waals surface area contributed by atoms with Gasteiger partial charge in [-0.1, -0.05) is 12.1 Å². The van der Waals surface area contributed by atoms with Crippen LogP contribution in [0.3, 0.4) is 0 Å². The zero-order chi connectivity index (χ0) is 25.4. The SMILES string of the molecule is CC(F)c1nc(C2(C)CCN(C(=O)O[C@@H]3[C@@H](N4CCN(C(C)C)CC4)CCCC3(F)F)CC2)no1. The summed E-state index contributed by atoms with van der Waals surface area (Å²) in [6.45, 7) is 11.2. The Morgan fingerprint density at radius 2 is 1.74 bits per heavy atom. The average molecular weight is 502 g/mol. The smallest absolute Gasteiger partial charge is 0.410 e. The Kier molecular flexibility index (Phi) is 7.66. The van der Waals surface area contributed by atoms with Gasteiger partial charge in [-0.05, 0) is 46.5 Å². The van der Waals surface area contributed by atoms with Gasteiger partial charge in [0.25, 0.3) is 11.8 Å². The molecule has 0 aromatic carbocycles. The minimum atomic E-state index is -3.05. The first-order valence-electron chi connectivity index (χ1n) is 12.8. The molecule has 4 rings (SSSR count). The van der Waals surface area contributed by atoms with Crippen molar-refractivity contribution >= 4 is 6.09 Å². The van der Waals surface area contributed by atoms with E-state index in [1.165, 1.54) is 11.8 Å². The Hall–Kier alpha value is -1.88. The molecule has 35 heavy (non-hydrogen) atoms. The van der Waals surface area contributed by atoms with Gasteiger partial charge in [0, 0.05) is 57.1 Å². The maximum Gasteiger partial charge on any atom is 0.410 e. The van der Waals surface area contributed by atoms with E-state index < -0.39 is 35.7 Å². The normalized spacial score (nSPS) is 28.7. The molecule has 3 heterocycles. The van der Waals surface area contributed by atoms with E-state index in [9.17, 15) is 9.18 Å². The summed E-state index contributed by atoms with van der Waals surface area (Å²) in [7, 11) is 0. The van der Waals surface area contributed by atoms with Crippen LogP contribution in [0.2, 0.25) is 0 Å². The number of halogens is 3. The predicted molar refractivity (Wildman–Crippen MR) is 123 cm³/mol.